The number of benzene rings is 2. The number of carbonyl (C=O) groups excluding carboxylic acids is 3. The first kappa shape index (κ1) is 31.1. The van der Waals surface area contributed by atoms with Crippen LogP contribution in [0, 0.1) is 26.7 Å². The smallest absolute Gasteiger partial charge is 0.408 e. The molecule has 0 aliphatic heterocycles. The minimum atomic E-state index is -1.10. The lowest BCUT2D eigenvalue weighted by molar-refractivity contribution is -0.142. The van der Waals surface area contributed by atoms with E-state index < -0.39 is 35.6 Å². The Morgan fingerprint density at radius 3 is 2.26 bits per heavy atom. The fourth-order valence-electron chi connectivity index (χ4n) is 4.09. The Kier molecular flexibility index (Phi) is 10.7. The van der Waals surface area contributed by atoms with Gasteiger partial charge in [-0.3, -0.25) is 9.59 Å². The molecule has 9 heteroatoms. The maximum Gasteiger partial charge on any atom is 0.408 e. The molecule has 2 atom stereocenters. The molecule has 0 radical (unpaired) electrons. The molecule has 0 bridgehead atoms. The Morgan fingerprint density at radius 2 is 1.71 bits per heavy atom. The summed E-state index contributed by atoms with van der Waals surface area (Å²) in [5.41, 5.74) is 2.75. The van der Waals surface area contributed by atoms with Gasteiger partial charge < -0.3 is 25.4 Å². The predicted octanol–water partition coefficient (Wildman–Crippen LogP) is 5.32. The Bertz CT molecular complexity index is 1140. The lowest BCUT2D eigenvalue weighted by Crippen LogP contribution is -2.55. The van der Waals surface area contributed by atoms with Crippen LogP contribution >= 0.6 is 11.6 Å². The van der Waals surface area contributed by atoms with E-state index in [1.165, 1.54) is 4.90 Å². The molecule has 208 valence electrons. The average Bonchev–Trinajstić information content (AvgIpc) is 2.80. The third-order valence-electron chi connectivity index (χ3n) is 5.99. The van der Waals surface area contributed by atoms with E-state index in [0.717, 1.165) is 16.7 Å². The van der Waals surface area contributed by atoms with Crippen molar-refractivity contribution in [2.75, 3.05) is 18.5 Å². The Morgan fingerprint density at radius 1 is 1.05 bits per heavy atom. The number of carbonyl (C=O) groups is 3. The van der Waals surface area contributed by atoms with Crippen LogP contribution in [0.1, 0.15) is 62.9 Å². The molecule has 2 rings (SSSR count). The molecule has 2 aromatic rings. The summed E-state index contributed by atoms with van der Waals surface area (Å²) >= 11 is 6.39. The van der Waals surface area contributed by atoms with Crippen molar-refractivity contribution in [2.45, 2.75) is 73.1 Å². The molecular formula is C29H40ClN3O5. The third-order valence-corrected chi connectivity index (χ3v) is 6.30. The zero-order valence-corrected chi connectivity index (χ0v) is 24.3. The van der Waals surface area contributed by atoms with Gasteiger partial charge in [0.15, 0.2) is 0 Å². The monoisotopic (exact) mass is 545 g/mol. The molecule has 2 unspecified atom stereocenters. The van der Waals surface area contributed by atoms with E-state index in [1.54, 1.807) is 46.8 Å². The van der Waals surface area contributed by atoms with Crippen molar-refractivity contribution in [1.82, 2.24) is 10.2 Å². The summed E-state index contributed by atoms with van der Waals surface area (Å²) in [5, 5.41) is 15.9. The Hall–Kier alpha value is -3.10. The van der Waals surface area contributed by atoms with Gasteiger partial charge in [0.2, 0.25) is 5.91 Å². The fourth-order valence-corrected chi connectivity index (χ4v) is 4.36. The number of para-hydroxylation sites is 1. The fraction of sp³-hybridized carbons (Fsp3) is 0.483. The maximum atomic E-state index is 14.0. The number of alkyl carbamates (subject to hydrolysis) is 1. The second-order valence-electron chi connectivity index (χ2n) is 10.8. The van der Waals surface area contributed by atoms with Gasteiger partial charge in [0.1, 0.15) is 17.7 Å². The second kappa shape index (κ2) is 13.1. The number of hydrogen-bond donors (Lipinski definition) is 3. The zero-order valence-electron chi connectivity index (χ0n) is 23.5. The largest absolute Gasteiger partial charge is 0.444 e. The first-order valence-corrected chi connectivity index (χ1v) is 13.1. The summed E-state index contributed by atoms with van der Waals surface area (Å²) < 4.78 is 5.38. The van der Waals surface area contributed by atoms with Crippen LogP contribution in [0.2, 0.25) is 5.02 Å². The molecule has 2 aromatic carbocycles. The Labute approximate surface area is 230 Å². The van der Waals surface area contributed by atoms with Crippen molar-refractivity contribution < 1.29 is 24.2 Å². The SMILES string of the molecule is Cc1ccc(C)c(C(C(=O)Nc2c(C)cccc2Cl)N(CCO)C(=O)C(NC(=O)OC(C)(C)C)C(C)C)c1. The number of aliphatic hydroxyl groups is 1. The maximum absolute atomic E-state index is 14.0. The van der Waals surface area contributed by atoms with Gasteiger partial charge in [-0.15, -0.1) is 0 Å². The molecule has 0 aromatic heterocycles. The van der Waals surface area contributed by atoms with Gasteiger partial charge in [-0.05, 0) is 70.2 Å². The van der Waals surface area contributed by atoms with Crippen molar-refractivity contribution in [3.8, 4) is 0 Å². The molecule has 0 saturated heterocycles. The lowest BCUT2D eigenvalue weighted by Gasteiger charge is -2.36. The van der Waals surface area contributed by atoms with Gasteiger partial charge in [-0.2, -0.15) is 0 Å². The summed E-state index contributed by atoms with van der Waals surface area (Å²) in [6.45, 7) is 13.8. The molecule has 0 spiro atoms. The van der Waals surface area contributed by atoms with Crippen LogP contribution in [0.15, 0.2) is 36.4 Å². The van der Waals surface area contributed by atoms with Gasteiger partial charge in [0.05, 0.1) is 17.3 Å². The van der Waals surface area contributed by atoms with E-state index in [4.69, 9.17) is 16.3 Å². The summed E-state index contributed by atoms with van der Waals surface area (Å²) in [4.78, 5) is 41.9. The minimum Gasteiger partial charge on any atom is -0.444 e. The Balaban J connectivity index is 2.59. The number of anilines is 1. The lowest BCUT2D eigenvalue weighted by atomic mass is 9.94. The highest BCUT2D eigenvalue weighted by Gasteiger charge is 2.38. The van der Waals surface area contributed by atoms with Gasteiger partial charge in [0.25, 0.3) is 5.91 Å². The first-order chi connectivity index (χ1) is 17.7. The van der Waals surface area contributed by atoms with Crippen LogP contribution in [0.3, 0.4) is 0 Å². The quantitative estimate of drug-likeness (QED) is 0.395. The van der Waals surface area contributed by atoms with E-state index in [0.29, 0.717) is 16.3 Å². The molecule has 3 N–H and O–H groups in total. The summed E-state index contributed by atoms with van der Waals surface area (Å²) in [7, 11) is 0. The van der Waals surface area contributed by atoms with Crippen LogP contribution in [0.5, 0.6) is 0 Å². The summed E-state index contributed by atoms with van der Waals surface area (Å²) in [6.07, 6.45) is -0.743. The molecule has 3 amide bonds. The van der Waals surface area contributed by atoms with Crippen molar-refractivity contribution in [3.05, 3.63) is 63.7 Å². The van der Waals surface area contributed by atoms with Crippen molar-refractivity contribution in [2.24, 2.45) is 5.92 Å². The van der Waals surface area contributed by atoms with Crippen molar-refractivity contribution >= 4 is 35.2 Å². The van der Waals surface area contributed by atoms with Crippen LogP contribution in [0.4, 0.5) is 10.5 Å². The minimum absolute atomic E-state index is 0.134. The van der Waals surface area contributed by atoms with E-state index >= 15 is 0 Å². The van der Waals surface area contributed by atoms with Crippen LogP contribution < -0.4 is 10.6 Å². The van der Waals surface area contributed by atoms with E-state index in [9.17, 15) is 19.5 Å². The number of halogens is 1. The van der Waals surface area contributed by atoms with Crippen LogP contribution in [0.25, 0.3) is 0 Å². The van der Waals surface area contributed by atoms with E-state index in [2.05, 4.69) is 10.6 Å². The van der Waals surface area contributed by atoms with Gasteiger partial charge in [-0.25, -0.2) is 4.79 Å². The van der Waals surface area contributed by atoms with Crippen LogP contribution in [-0.2, 0) is 14.3 Å². The number of nitrogens with zero attached hydrogens (tertiary/aromatic N) is 1. The standard InChI is InChI=1S/C29H40ClN3O5/c1-17(2)23(32-28(37)38-29(6,7)8)27(36)33(14-15-34)25(21-16-18(3)12-13-19(21)4)26(35)31-24-20(5)10-9-11-22(24)30/h9-13,16-17,23,25,34H,14-15H2,1-8H3,(H,31,35)(H,32,37). The average molecular weight is 546 g/mol. The highest BCUT2D eigenvalue weighted by Crippen LogP contribution is 2.31. The van der Waals surface area contributed by atoms with Crippen molar-refractivity contribution in [1.29, 1.82) is 0 Å². The van der Waals surface area contributed by atoms with E-state index in [-0.39, 0.29) is 19.1 Å². The van der Waals surface area contributed by atoms with Crippen LogP contribution in [-0.4, -0.2) is 52.7 Å². The van der Waals surface area contributed by atoms with E-state index in [1.807, 2.05) is 45.0 Å². The molecule has 0 saturated carbocycles. The summed E-state index contributed by atoms with van der Waals surface area (Å²) in [6, 6.07) is 8.83. The number of aliphatic hydroxyl groups excluding tert-OH is 1. The normalized spacial score (nSPS) is 13.0. The third kappa shape index (κ3) is 8.20. The highest BCUT2D eigenvalue weighted by molar-refractivity contribution is 6.34. The number of hydrogen-bond acceptors (Lipinski definition) is 5. The number of rotatable bonds is 9. The highest BCUT2D eigenvalue weighted by atomic mass is 35.5. The molecule has 0 aliphatic carbocycles. The molecule has 0 heterocycles. The molecule has 8 nitrogen and oxygen atoms in total. The van der Waals surface area contributed by atoms with Crippen molar-refractivity contribution in [3.63, 3.8) is 0 Å². The number of amides is 3. The number of ether oxygens (including phenoxy) is 1. The topological polar surface area (TPSA) is 108 Å². The molecule has 0 aliphatic rings. The van der Waals surface area contributed by atoms with Gasteiger partial charge in [-0.1, -0.05) is 61.3 Å². The molecular weight excluding hydrogens is 506 g/mol. The molecule has 38 heavy (non-hydrogen) atoms. The first-order valence-electron chi connectivity index (χ1n) is 12.7. The second-order valence-corrected chi connectivity index (χ2v) is 11.2. The van der Waals surface area contributed by atoms with Gasteiger partial charge >= 0.3 is 6.09 Å². The number of nitrogens with one attached hydrogen (secondary N) is 2. The molecule has 0 fully saturated rings. The number of aryl methyl sites for hydroxylation is 3. The summed E-state index contributed by atoms with van der Waals surface area (Å²) in [5.74, 6) is -1.34. The van der Waals surface area contributed by atoms with Gasteiger partial charge in [0, 0.05) is 6.54 Å². The predicted molar refractivity (Wildman–Crippen MR) is 150 cm³/mol. The zero-order chi connectivity index (χ0) is 28.8.